The van der Waals surface area contributed by atoms with Crippen LogP contribution in [-0.2, 0) is 9.59 Å². The summed E-state index contributed by atoms with van der Waals surface area (Å²) in [5, 5.41) is 0. The van der Waals surface area contributed by atoms with E-state index in [0.29, 0.717) is 5.69 Å². The first kappa shape index (κ1) is 9.45. The molecule has 0 aliphatic rings. The molecule has 1 aromatic carbocycles. The van der Waals surface area contributed by atoms with E-state index in [0.717, 1.165) is 4.90 Å². The minimum absolute atomic E-state index is 0.279. The highest BCUT2D eigenvalue weighted by Crippen LogP contribution is 2.12. The Hall–Kier alpha value is -1.64. The van der Waals surface area contributed by atoms with Gasteiger partial charge in [-0.1, -0.05) is 12.1 Å². The molecule has 2 amide bonds. The third-order valence-corrected chi connectivity index (χ3v) is 1.59. The molecule has 67 valence electrons. The van der Waals surface area contributed by atoms with Crippen LogP contribution in [0.5, 0.6) is 0 Å². The Balaban J connectivity index is 3.03. The van der Waals surface area contributed by atoms with Gasteiger partial charge in [0, 0.05) is 13.8 Å². The Morgan fingerprint density at radius 2 is 1.62 bits per heavy atom. The van der Waals surface area contributed by atoms with Gasteiger partial charge >= 0.3 is 0 Å². The number of carbonyl (C=O) groups is 2. The van der Waals surface area contributed by atoms with Crippen molar-refractivity contribution in [2.24, 2.45) is 0 Å². The fourth-order valence-corrected chi connectivity index (χ4v) is 1.11. The molecule has 0 fully saturated rings. The minimum atomic E-state index is -0.279. The summed E-state index contributed by atoms with van der Waals surface area (Å²) in [7, 11) is 0. The van der Waals surface area contributed by atoms with Crippen molar-refractivity contribution >= 4 is 17.5 Å². The Morgan fingerprint density at radius 3 is 2.00 bits per heavy atom. The molecule has 0 unspecified atom stereocenters. The van der Waals surface area contributed by atoms with E-state index in [2.05, 4.69) is 6.07 Å². The summed E-state index contributed by atoms with van der Waals surface area (Å²) in [6.07, 6.45) is 0. The van der Waals surface area contributed by atoms with Gasteiger partial charge in [0.1, 0.15) is 0 Å². The van der Waals surface area contributed by atoms with Gasteiger partial charge in [-0.2, -0.15) is 0 Å². The second kappa shape index (κ2) is 3.85. The Kier molecular flexibility index (Phi) is 2.80. The van der Waals surface area contributed by atoms with Crippen molar-refractivity contribution in [1.82, 2.24) is 0 Å². The van der Waals surface area contributed by atoms with Gasteiger partial charge in [-0.3, -0.25) is 14.5 Å². The summed E-state index contributed by atoms with van der Waals surface area (Å²) in [6.45, 7) is 2.72. The molecule has 0 aromatic heterocycles. The normalized spacial score (nSPS) is 9.38. The molecule has 0 aliphatic carbocycles. The highest BCUT2D eigenvalue weighted by Gasteiger charge is 2.14. The van der Waals surface area contributed by atoms with Crippen LogP contribution in [0.4, 0.5) is 5.69 Å². The van der Waals surface area contributed by atoms with Crippen molar-refractivity contribution in [3.05, 3.63) is 30.3 Å². The molecule has 0 heterocycles. The minimum Gasteiger partial charge on any atom is -0.274 e. The van der Waals surface area contributed by atoms with E-state index in [9.17, 15) is 9.59 Å². The van der Waals surface area contributed by atoms with Crippen LogP contribution >= 0.6 is 0 Å². The van der Waals surface area contributed by atoms with Gasteiger partial charge in [-0.05, 0) is 18.2 Å². The van der Waals surface area contributed by atoms with Crippen molar-refractivity contribution in [3.63, 3.8) is 0 Å². The zero-order chi connectivity index (χ0) is 9.84. The van der Waals surface area contributed by atoms with Crippen LogP contribution in [0.2, 0.25) is 0 Å². The molecular weight excluding hydrogens is 166 g/mol. The number of benzene rings is 1. The maximum atomic E-state index is 11.1. The largest absolute Gasteiger partial charge is 0.274 e. The number of rotatable bonds is 1. The second-order valence-electron chi connectivity index (χ2n) is 2.63. The summed E-state index contributed by atoms with van der Waals surface area (Å²) in [5.41, 5.74) is 0.582. The Bertz CT molecular complexity index is 305. The monoisotopic (exact) mass is 176 g/mol. The van der Waals surface area contributed by atoms with Crippen LogP contribution < -0.4 is 4.90 Å². The van der Waals surface area contributed by atoms with E-state index < -0.39 is 0 Å². The number of hydrogen-bond acceptors (Lipinski definition) is 2. The average Bonchev–Trinajstić information content (AvgIpc) is 2.04. The Morgan fingerprint density at radius 1 is 1.15 bits per heavy atom. The molecule has 0 aliphatic heterocycles. The molecule has 1 rings (SSSR count). The SMILES string of the molecule is CC(=O)N(C(C)=O)c1cc[c]cc1. The van der Waals surface area contributed by atoms with Gasteiger partial charge in [0.15, 0.2) is 0 Å². The summed E-state index contributed by atoms with van der Waals surface area (Å²) < 4.78 is 0. The number of hydrogen-bond donors (Lipinski definition) is 0. The van der Waals surface area contributed by atoms with Crippen LogP contribution in [0.1, 0.15) is 13.8 Å². The topological polar surface area (TPSA) is 37.4 Å². The van der Waals surface area contributed by atoms with E-state index in [4.69, 9.17) is 0 Å². The van der Waals surface area contributed by atoms with Crippen molar-refractivity contribution in [2.45, 2.75) is 13.8 Å². The van der Waals surface area contributed by atoms with Gasteiger partial charge in [-0.15, -0.1) is 0 Å². The fraction of sp³-hybridized carbons (Fsp3) is 0.200. The number of carbonyl (C=O) groups excluding carboxylic acids is 2. The molecule has 0 saturated heterocycles. The third-order valence-electron chi connectivity index (χ3n) is 1.59. The van der Waals surface area contributed by atoms with Crippen LogP contribution in [0.15, 0.2) is 24.3 Å². The maximum Gasteiger partial charge on any atom is 0.230 e. The summed E-state index contributed by atoms with van der Waals surface area (Å²) in [5.74, 6) is -0.558. The lowest BCUT2D eigenvalue weighted by Crippen LogP contribution is -2.32. The second-order valence-corrected chi connectivity index (χ2v) is 2.63. The molecule has 3 heteroatoms. The third kappa shape index (κ3) is 2.15. The first-order valence-electron chi connectivity index (χ1n) is 3.90. The lowest BCUT2D eigenvalue weighted by atomic mass is 10.3. The number of amides is 2. The molecule has 0 saturated carbocycles. The van der Waals surface area contributed by atoms with Gasteiger partial charge in [0.2, 0.25) is 11.8 Å². The van der Waals surface area contributed by atoms with Crippen LogP contribution in [-0.4, -0.2) is 11.8 Å². The fourth-order valence-electron chi connectivity index (χ4n) is 1.11. The molecule has 13 heavy (non-hydrogen) atoms. The standard InChI is InChI=1S/C10H10NO2/c1-8(12)11(9(2)13)10-6-4-3-5-7-10/h4-7H,1-2H3. The van der Waals surface area contributed by atoms with Crippen LogP contribution in [0.25, 0.3) is 0 Å². The first-order valence-corrected chi connectivity index (χ1v) is 3.90. The Labute approximate surface area is 77.0 Å². The lowest BCUT2D eigenvalue weighted by molar-refractivity contribution is -0.124. The maximum absolute atomic E-state index is 11.1. The lowest BCUT2D eigenvalue weighted by Gasteiger charge is -2.16. The van der Waals surface area contributed by atoms with E-state index in [1.807, 2.05) is 0 Å². The zero-order valence-electron chi connectivity index (χ0n) is 7.57. The predicted octanol–water partition coefficient (Wildman–Crippen LogP) is 1.39. The van der Waals surface area contributed by atoms with Gasteiger partial charge in [0.05, 0.1) is 5.69 Å². The summed E-state index contributed by atoms with van der Waals surface area (Å²) in [4.78, 5) is 23.3. The zero-order valence-corrected chi connectivity index (χ0v) is 7.57. The van der Waals surface area contributed by atoms with E-state index in [-0.39, 0.29) is 11.8 Å². The summed E-state index contributed by atoms with van der Waals surface area (Å²) in [6, 6.07) is 9.48. The molecule has 0 atom stereocenters. The molecule has 0 bridgehead atoms. The van der Waals surface area contributed by atoms with Gasteiger partial charge in [0.25, 0.3) is 0 Å². The van der Waals surface area contributed by atoms with Crippen molar-refractivity contribution in [1.29, 1.82) is 0 Å². The van der Waals surface area contributed by atoms with Crippen LogP contribution in [0, 0.1) is 6.07 Å². The predicted molar refractivity (Wildman–Crippen MR) is 49.1 cm³/mol. The highest BCUT2D eigenvalue weighted by atomic mass is 16.2. The van der Waals surface area contributed by atoms with Gasteiger partial charge in [-0.25, -0.2) is 0 Å². The highest BCUT2D eigenvalue weighted by molar-refractivity contribution is 6.13. The molecular formula is C10H10NO2. The van der Waals surface area contributed by atoms with Crippen molar-refractivity contribution in [3.8, 4) is 0 Å². The molecule has 3 nitrogen and oxygen atoms in total. The smallest absolute Gasteiger partial charge is 0.230 e. The van der Waals surface area contributed by atoms with E-state index >= 15 is 0 Å². The first-order chi connectivity index (χ1) is 6.13. The summed E-state index contributed by atoms with van der Waals surface area (Å²) >= 11 is 0. The van der Waals surface area contributed by atoms with Gasteiger partial charge < -0.3 is 0 Å². The molecule has 1 aromatic rings. The van der Waals surface area contributed by atoms with E-state index in [1.165, 1.54) is 13.8 Å². The van der Waals surface area contributed by atoms with E-state index in [1.54, 1.807) is 24.3 Å². The molecule has 0 N–H and O–H groups in total. The van der Waals surface area contributed by atoms with Crippen LogP contribution in [0.3, 0.4) is 0 Å². The molecule has 1 radical (unpaired) electrons. The van der Waals surface area contributed by atoms with Crippen molar-refractivity contribution in [2.75, 3.05) is 4.90 Å². The number of anilines is 1. The number of nitrogens with zero attached hydrogens (tertiary/aromatic N) is 1. The molecule has 0 spiro atoms. The quantitative estimate of drug-likeness (QED) is 0.648. The van der Waals surface area contributed by atoms with Crippen molar-refractivity contribution < 1.29 is 9.59 Å². The average molecular weight is 176 g/mol. The number of imide groups is 1.